The fourth-order valence-corrected chi connectivity index (χ4v) is 3.89. The fourth-order valence-electron chi connectivity index (χ4n) is 3.89. The van der Waals surface area contributed by atoms with Crippen LogP contribution in [0.15, 0.2) is 53.3 Å². The Morgan fingerprint density at radius 1 is 1.27 bits per heavy atom. The van der Waals surface area contributed by atoms with Crippen LogP contribution in [0.3, 0.4) is 0 Å². The SMILES string of the molecule is Cc1ccc(-c2noc([C@H]3CCCN3C)n2)cc1NC(=O)c1cnc2ccccn12. The predicted octanol–water partition coefficient (Wildman–Crippen LogP) is 3.71. The van der Waals surface area contributed by atoms with Crippen LogP contribution in [-0.4, -0.2) is 43.9 Å². The second kappa shape index (κ2) is 7.38. The quantitative estimate of drug-likeness (QED) is 0.560. The maximum Gasteiger partial charge on any atom is 0.274 e. The molecule has 0 unspecified atom stereocenters. The number of benzene rings is 1. The fraction of sp³-hybridized carbons (Fsp3) is 0.273. The average Bonchev–Trinajstić information content (AvgIpc) is 3.48. The number of carbonyl (C=O) groups excluding carboxylic acids is 1. The number of hydrogen-bond donors (Lipinski definition) is 1. The van der Waals surface area contributed by atoms with Gasteiger partial charge in [-0.25, -0.2) is 4.98 Å². The number of hydrogen-bond acceptors (Lipinski definition) is 6. The highest BCUT2D eigenvalue weighted by Crippen LogP contribution is 2.31. The van der Waals surface area contributed by atoms with Gasteiger partial charge in [-0.2, -0.15) is 4.98 Å². The lowest BCUT2D eigenvalue weighted by Crippen LogP contribution is -2.17. The highest BCUT2D eigenvalue weighted by molar-refractivity contribution is 6.04. The minimum absolute atomic E-state index is 0.172. The Bertz CT molecular complexity index is 1230. The van der Waals surface area contributed by atoms with E-state index in [0.717, 1.165) is 36.2 Å². The summed E-state index contributed by atoms with van der Waals surface area (Å²) in [4.78, 5) is 24.0. The summed E-state index contributed by atoms with van der Waals surface area (Å²) in [7, 11) is 2.07. The molecule has 1 aliphatic heterocycles. The van der Waals surface area contributed by atoms with E-state index in [-0.39, 0.29) is 11.9 Å². The summed E-state index contributed by atoms with van der Waals surface area (Å²) in [5, 5.41) is 7.16. The number of fused-ring (bicyclic) bond motifs is 1. The Balaban J connectivity index is 1.41. The summed E-state index contributed by atoms with van der Waals surface area (Å²) in [6, 6.07) is 11.5. The van der Waals surface area contributed by atoms with Gasteiger partial charge in [0.2, 0.25) is 11.7 Å². The Kier molecular flexibility index (Phi) is 4.55. The molecule has 0 bridgehead atoms. The van der Waals surface area contributed by atoms with Crippen molar-refractivity contribution in [2.24, 2.45) is 0 Å². The van der Waals surface area contributed by atoms with E-state index < -0.39 is 0 Å². The number of nitrogens with one attached hydrogen (secondary N) is 1. The maximum absolute atomic E-state index is 12.9. The molecule has 1 saturated heterocycles. The second-order valence-electron chi connectivity index (χ2n) is 7.65. The van der Waals surface area contributed by atoms with Crippen LogP contribution in [0.5, 0.6) is 0 Å². The first-order valence-electron chi connectivity index (χ1n) is 9.98. The topological polar surface area (TPSA) is 88.6 Å². The number of imidazole rings is 1. The highest BCUT2D eigenvalue weighted by atomic mass is 16.5. The molecule has 1 N–H and O–H groups in total. The normalized spacial score (nSPS) is 16.9. The zero-order valence-corrected chi connectivity index (χ0v) is 16.9. The predicted molar refractivity (Wildman–Crippen MR) is 112 cm³/mol. The van der Waals surface area contributed by atoms with E-state index in [9.17, 15) is 4.79 Å². The number of pyridine rings is 1. The Morgan fingerprint density at radius 2 is 2.17 bits per heavy atom. The van der Waals surface area contributed by atoms with Gasteiger partial charge in [0, 0.05) is 17.4 Å². The van der Waals surface area contributed by atoms with Crippen molar-refractivity contribution in [3.8, 4) is 11.4 Å². The van der Waals surface area contributed by atoms with Crippen LogP contribution in [0.1, 0.15) is 40.8 Å². The van der Waals surface area contributed by atoms with E-state index in [1.165, 1.54) is 0 Å². The number of likely N-dealkylation sites (tertiary alicyclic amines) is 1. The molecule has 0 aliphatic carbocycles. The number of anilines is 1. The molecule has 8 heteroatoms. The number of amides is 1. The van der Waals surface area contributed by atoms with Crippen molar-refractivity contribution in [3.05, 3.63) is 65.9 Å². The summed E-state index contributed by atoms with van der Waals surface area (Å²) < 4.78 is 7.29. The molecule has 5 rings (SSSR count). The molecule has 3 aromatic heterocycles. The zero-order chi connectivity index (χ0) is 20.7. The first kappa shape index (κ1) is 18.5. The van der Waals surface area contributed by atoms with Crippen molar-refractivity contribution < 1.29 is 9.32 Å². The van der Waals surface area contributed by atoms with E-state index in [1.54, 1.807) is 10.6 Å². The van der Waals surface area contributed by atoms with Gasteiger partial charge in [0.05, 0.1) is 12.2 Å². The van der Waals surface area contributed by atoms with Crippen molar-refractivity contribution in [2.45, 2.75) is 25.8 Å². The lowest BCUT2D eigenvalue weighted by molar-refractivity contribution is 0.102. The van der Waals surface area contributed by atoms with Crippen LogP contribution in [0.25, 0.3) is 17.0 Å². The van der Waals surface area contributed by atoms with E-state index in [1.807, 2.05) is 49.5 Å². The molecular weight excluding hydrogens is 380 g/mol. The Morgan fingerprint density at radius 3 is 3.00 bits per heavy atom. The standard InChI is InChI=1S/C22H22N6O2/c1-14-8-9-15(20-25-22(30-26-20)17-6-5-10-27(17)2)12-16(14)24-21(29)18-13-23-19-7-3-4-11-28(18)19/h3-4,7-9,11-13,17H,5-6,10H2,1-2H3,(H,24,29)/t17-/m1/s1. The van der Waals surface area contributed by atoms with Crippen LogP contribution in [0, 0.1) is 6.92 Å². The minimum atomic E-state index is -0.227. The van der Waals surface area contributed by atoms with Crippen molar-refractivity contribution >= 4 is 17.2 Å². The van der Waals surface area contributed by atoms with E-state index in [0.29, 0.717) is 23.1 Å². The minimum Gasteiger partial charge on any atom is -0.337 e. The molecule has 152 valence electrons. The molecule has 1 fully saturated rings. The summed E-state index contributed by atoms with van der Waals surface area (Å²) in [6.45, 7) is 2.98. The first-order chi connectivity index (χ1) is 14.6. The second-order valence-corrected chi connectivity index (χ2v) is 7.65. The Hall–Kier alpha value is -3.52. The van der Waals surface area contributed by atoms with Gasteiger partial charge in [0.15, 0.2) is 0 Å². The van der Waals surface area contributed by atoms with Crippen LogP contribution in [0.4, 0.5) is 5.69 Å². The van der Waals surface area contributed by atoms with Gasteiger partial charge in [-0.3, -0.25) is 14.1 Å². The molecule has 0 radical (unpaired) electrons. The van der Waals surface area contributed by atoms with Crippen molar-refractivity contribution in [3.63, 3.8) is 0 Å². The monoisotopic (exact) mass is 402 g/mol. The van der Waals surface area contributed by atoms with Gasteiger partial charge in [0.1, 0.15) is 11.3 Å². The van der Waals surface area contributed by atoms with Crippen LogP contribution < -0.4 is 5.32 Å². The van der Waals surface area contributed by atoms with Gasteiger partial charge in [0.25, 0.3) is 5.91 Å². The molecule has 0 saturated carbocycles. The van der Waals surface area contributed by atoms with E-state index >= 15 is 0 Å². The molecular formula is C22H22N6O2. The van der Waals surface area contributed by atoms with Crippen molar-refractivity contribution in [1.82, 2.24) is 24.4 Å². The molecule has 0 spiro atoms. The van der Waals surface area contributed by atoms with Crippen molar-refractivity contribution in [2.75, 3.05) is 18.9 Å². The van der Waals surface area contributed by atoms with Crippen LogP contribution in [0.2, 0.25) is 0 Å². The summed E-state index contributed by atoms with van der Waals surface area (Å²) in [5.74, 6) is 0.938. The lowest BCUT2D eigenvalue weighted by Gasteiger charge is -2.14. The van der Waals surface area contributed by atoms with Crippen LogP contribution in [-0.2, 0) is 0 Å². The average molecular weight is 402 g/mol. The van der Waals surface area contributed by atoms with E-state index in [4.69, 9.17) is 4.52 Å². The molecule has 4 aromatic rings. The number of nitrogens with zero attached hydrogens (tertiary/aromatic N) is 5. The Labute approximate surface area is 173 Å². The highest BCUT2D eigenvalue weighted by Gasteiger charge is 2.28. The van der Waals surface area contributed by atoms with Crippen molar-refractivity contribution in [1.29, 1.82) is 0 Å². The van der Waals surface area contributed by atoms with Gasteiger partial charge >= 0.3 is 0 Å². The lowest BCUT2D eigenvalue weighted by atomic mass is 10.1. The number of carbonyl (C=O) groups is 1. The third-order valence-electron chi connectivity index (χ3n) is 5.64. The van der Waals surface area contributed by atoms with Gasteiger partial charge in [-0.05, 0) is 57.1 Å². The molecule has 1 atom stereocenters. The smallest absolute Gasteiger partial charge is 0.274 e. The third-order valence-corrected chi connectivity index (χ3v) is 5.64. The molecule has 1 aromatic carbocycles. The maximum atomic E-state index is 12.9. The number of aromatic nitrogens is 4. The summed E-state index contributed by atoms with van der Waals surface area (Å²) in [6.07, 6.45) is 5.55. The molecule has 4 heterocycles. The van der Waals surface area contributed by atoms with E-state index in [2.05, 4.69) is 32.4 Å². The van der Waals surface area contributed by atoms with Gasteiger partial charge in [-0.1, -0.05) is 23.4 Å². The summed E-state index contributed by atoms with van der Waals surface area (Å²) >= 11 is 0. The van der Waals surface area contributed by atoms with Gasteiger partial charge in [-0.15, -0.1) is 0 Å². The largest absolute Gasteiger partial charge is 0.337 e. The first-order valence-corrected chi connectivity index (χ1v) is 9.98. The van der Waals surface area contributed by atoms with Crippen LogP contribution >= 0.6 is 0 Å². The molecule has 1 amide bonds. The number of aryl methyl sites for hydroxylation is 1. The zero-order valence-electron chi connectivity index (χ0n) is 16.9. The molecule has 8 nitrogen and oxygen atoms in total. The molecule has 30 heavy (non-hydrogen) atoms. The third kappa shape index (κ3) is 3.25. The summed E-state index contributed by atoms with van der Waals surface area (Å²) in [5.41, 5.74) is 3.64. The molecule has 1 aliphatic rings. The van der Waals surface area contributed by atoms with Gasteiger partial charge < -0.3 is 9.84 Å². The number of rotatable bonds is 4.